The number of benzene rings is 1. The lowest BCUT2D eigenvalue weighted by Crippen LogP contribution is -2.54. The third-order valence-electron chi connectivity index (χ3n) is 4.89. The lowest BCUT2D eigenvalue weighted by molar-refractivity contribution is -0.123. The van der Waals surface area contributed by atoms with E-state index in [4.69, 9.17) is 14.5 Å². The summed E-state index contributed by atoms with van der Waals surface area (Å²) in [6.45, 7) is 12.7. The maximum absolute atomic E-state index is 12.0. The highest BCUT2D eigenvalue weighted by Crippen LogP contribution is 2.15. The summed E-state index contributed by atoms with van der Waals surface area (Å²) in [5.74, 6) is 1.87. The van der Waals surface area contributed by atoms with E-state index in [-0.39, 0.29) is 35.9 Å². The molecule has 0 spiro atoms. The highest BCUT2D eigenvalue weighted by molar-refractivity contribution is 14.0. The van der Waals surface area contributed by atoms with Gasteiger partial charge >= 0.3 is 0 Å². The van der Waals surface area contributed by atoms with Crippen LogP contribution < -0.4 is 15.4 Å². The summed E-state index contributed by atoms with van der Waals surface area (Å²) in [6, 6.07) is 8.27. The number of piperazine rings is 1. The Kier molecular flexibility index (Phi) is 14.3. The minimum Gasteiger partial charge on any atom is -0.493 e. The molecule has 1 saturated heterocycles. The molecular weight excluding hydrogens is 521 g/mol. The van der Waals surface area contributed by atoms with Crippen molar-refractivity contribution in [1.82, 2.24) is 20.4 Å². The van der Waals surface area contributed by atoms with E-state index < -0.39 is 0 Å². The van der Waals surface area contributed by atoms with E-state index in [9.17, 15) is 4.79 Å². The van der Waals surface area contributed by atoms with E-state index in [1.54, 1.807) is 7.11 Å². The van der Waals surface area contributed by atoms with E-state index >= 15 is 0 Å². The number of nitrogens with one attached hydrogen (secondary N) is 2. The number of amides is 1. The second kappa shape index (κ2) is 16.1. The lowest BCUT2D eigenvalue weighted by atomic mass is 10.2. The number of carbonyl (C=O) groups is 1. The topological polar surface area (TPSA) is 78.4 Å². The summed E-state index contributed by atoms with van der Waals surface area (Å²) < 4.78 is 10.9. The van der Waals surface area contributed by atoms with Gasteiger partial charge in [-0.1, -0.05) is 12.1 Å². The van der Waals surface area contributed by atoms with Crippen LogP contribution in [-0.2, 0) is 16.1 Å². The van der Waals surface area contributed by atoms with Crippen molar-refractivity contribution in [3.05, 3.63) is 29.8 Å². The summed E-state index contributed by atoms with van der Waals surface area (Å²) in [6.07, 6.45) is 0.870. The molecule has 0 unspecified atom stereocenters. The van der Waals surface area contributed by atoms with E-state index in [1.807, 2.05) is 32.0 Å². The zero-order valence-electron chi connectivity index (χ0n) is 19.9. The Balaban J connectivity index is 0.00000512. The minimum atomic E-state index is 0. The molecule has 1 heterocycles. The van der Waals surface area contributed by atoms with Gasteiger partial charge in [0.1, 0.15) is 5.75 Å². The molecule has 1 fully saturated rings. The van der Waals surface area contributed by atoms with Gasteiger partial charge in [-0.3, -0.25) is 9.69 Å². The van der Waals surface area contributed by atoms with Crippen LogP contribution in [0.1, 0.15) is 32.8 Å². The van der Waals surface area contributed by atoms with E-state index in [0.29, 0.717) is 26.3 Å². The molecule has 1 aliphatic heterocycles. The Morgan fingerprint density at radius 1 is 1.19 bits per heavy atom. The third-order valence-corrected chi connectivity index (χ3v) is 4.89. The van der Waals surface area contributed by atoms with Crippen LogP contribution >= 0.6 is 24.0 Å². The zero-order chi connectivity index (χ0) is 22.5. The third kappa shape index (κ3) is 10.8. The second-order valence-electron chi connectivity index (χ2n) is 8.00. The Morgan fingerprint density at radius 2 is 1.94 bits per heavy atom. The maximum atomic E-state index is 12.0. The molecule has 2 N–H and O–H groups in total. The van der Waals surface area contributed by atoms with Crippen molar-refractivity contribution in [3.63, 3.8) is 0 Å². The van der Waals surface area contributed by atoms with Crippen LogP contribution in [-0.4, -0.2) is 87.3 Å². The van der Waals surface area contributed by atoms with Crippen molar-refractivity contribution in [1.29, 1.82) is 0 Å². The molecule has 2 rings (SSSR count). The fraction of sp³-hybridized carbons (Fsp3) is 0.652. The van der Waals surface area contributed by atoms with Gasteiger partial charge in [0.2, 0.25) is 5.91 Å². The first-order valence-corrected chi connectivity index (χ1v) is 11.3. The van der Waals surface area contributed by atoms with Crippen LogP contribution in [0.5, 0.6) is 5.75 Å². The lowest BCUT2D eigenvalue weighted by Gasteiger charge is -2.36. The largest absolute Gasteiger partial charge is 0.493 e. The molecule has 0 atom stereocenters. The van der Waals surface area contributed by atoms with Crippen molar-refractivity contribution < 1.29 is 14.3 Å². The van der Waals surface area contributed by atoms with Crippen LogP contribution in [0.2, 0.25) is 0 Å². The van der Waals surface area contributed by atoms with Gasteiger partial charge in [0, 0.05) is 58.9 Å². The van der Waals surface area contributed by atoms with E-state index in [2.05, 4.69) is 33.4 Å². The summed E-state index contributed by atoms with van der Waals surface area (Å²) in [7, 11) is 1.70. The van der Waals surface area contributed by atoms with Gasteiger partial charge in [-0.15, -0.1) is 24.0 Å². The average Bonchev–Trinajstić information content (AvgIpc) is 2.74. The van der Waals surface area contributed by atoms with Crippen LogP contribution in [0, 0.1) is 0 Å². The number of rotatable bonds is 11. The highest BCUT2D eigenvalue weighted by Gasteiger charge is 2.21. The minimum absolute atomic E-state index is 0. The molecule has 0 radical (unpaired) electrons. The molecule has 1 aliphatic rings. The highest BCUT2D eigenvalue weighted by atomic mass is 127. The number of aliphatic imine (C=N–C) groups is 1. The molecule has 1 amide bonds. The quantitative estimate of drug-likeness (QED) is 0.187. The van der Waals surface area contributed by atoms with Gasteiger partial charge in [0.05, 0.1) is 19.7 Å². The van der Waals surface area contributed by atoms with Crippen LogP contribution in [0.15, 0.2) is 29.3 Å². The Hall–Kier alpha value is -1.59. The average molecular weight is 562 g/mol. The summed E-state index contributed by atoms with van der Waals surface area (Å²) in [4.78, 5) is 21.3. The fourth-order valence-electron chi connectivity index (χ4n) is 3.41. The molecule has 9 heteroatoms. The van der Waals surface area contributed by atoms with Crippen molar-refractivity contribution in [2.75, 3.05) is 59.6 Å². The molecule has 32 heavy (non-hydrogen) atoms. The number of carbonyl (C=O) groups excluding carboxylic acids is 1. The monoisotopic (exact) mass is 561 g/mol. The molecule has 1 aromatic rings. The van der Waals surface area contributed by atoms with Gasteiger partial charge in [-0.2, -0.15) is 0 Å². The molecule has 182 valence electrons. The van der Waals surface area contributed by atoms with E-state index in [0.717, 1.165) is 56.4 Å². The second-order valence-corrected chi connectivity index (χ2v) is 8.00. The SMILES string of the molecule is CCNC(=NCc1cccc(OCCCOC)c1)N1CCN(CC(=O)NC(C)C)CC1.I. The number of hydrogen-bond acceptors (Lipinski definition) is 5. The molecular formula is C23H40IN5O3. The van der Waals surface area contributed by atoms with Gasteiger partial charge in [-0.05, 0) is 38.5 Å². The first kappa shape index (κ1) is 28.4. The zero-order valence-corrected chi connectivity index (χ0v) is 22.3. The van der Waals surface area contributed by atoms with Crippen molar-refractivity contribution in [2.45, 2.75) is 39.8 Å². The van der Waals surface area contributed by atoms with Crippen molar-refractivity contribution >= 4 is 35.8 Å². The number of hydrogen-bond donors (Lipinski definition) is 2. The predicted octanol–water partition coefficient (Wildman–Crippen LogP) is 2.33. The first-order chi connectivity index (χ1) is 15.0. The van der Waals surface area contributed by atoms with Gasteiger partial charge in [-0.25, -0.2) is 4.99 Å². The predicted molar refractivity (Wildman–Crippen MR) is 140 cm³/mol. The Labute approximate surface area is 210 Å². The summed E-state index contributed by atoms with van der Waals surface area (Å²) in [5, 5.41) is 6.36. The molecule has 0 aromatic heterocycles. The number of guanidine groups is 1. The molecule has 0 aliphatic carbocycles. The van der Waals surface area contributed by atoms with Crippen molar-refractivity contribution in [2.24, 2.45) is 4.99 Å². The first-order valence-electron chi connectivity index (χ1n) is 11.3. The standard InChI is InChI=1S/C23H39N5O3.HI/c1-5-24-23(28-12-10-27(11-13-28)18-22(29)26-19(2)3)25-17-20-8-6-9-21(16-20)31-15-7-14-30-4;/h6,8-9,16,19H,5,7,10-15,17-18H2,1-4H3,(H,24,25)(H,26,29);1H. The smallest absolute Gasteiger partial charge is 0.234 e. The summed E-state index contributed by atoms with van der Waals surface area (Å²) in [5.41, 5.74) is 1.11. The van der Waals surface area contributed by atoms with Crippen LogP contribution in [0.4, 0.5) is 0 Å². The number of methoxy groups -OCH3 is 1. The molecule has 0 bridgehead atoms. The number of nitrogens with zero attached hydrogens (tertiary/aromatic N) is 3. The normalized spacial score (nSPS) is 14.8. The van der Waals surface area contributed by atoms with Gasteiger partial charge in [0.25, 0.3) is 0 Å². The molecule has 1 aromatic carbocycles. The van der Waals surface area contributed by atoms with E-state index in [1.165, 1.54) is 0 Å². The number of halogens is 1. The maximum Gasteiger partial charge on any atom is 0.234 e. The van der Waals surface area contributed by atoms with Gasteiger partial charge in [0.15, 0.2) is 5.96 Å². The van der Waals surface area contributed by atoms with Crippen molar-refractivity contribution in [3.8, 4) is 5.75 Å². The molecule has 8 nitrogen and oxygen atoms in total. The Bertz CT molecular complexity index is 694. The summed E-state index contributed by atoms with van der Waals surface area (Å²) >= 11 is 0. The van der Waals surface area contributed by atoms with Crippen LogP contribution in [0.25, 0.3) is 0 Å². The molecule has 0 saturated carbocycles. The van der Waals surface area contributed by atoms with Crippen LogP contribution in [0.3, 0.4) is 0 Å². The Morgan fingerprint density at radius 3 is 2.59 bits per heavy atom. The number of ether oxygens (including phenoxy) is 2. The fourth-order valence-corrected chi connectivity index (χ4v) is 3.41. The van der Waals surface area contributed by atoms with Gasteiger partial charge < -0.3 is 25.0 Å².